The van der Waals surface area contributed by atoms with Gasteiger partial charge < -0.3 is 20.6 Å². The monoisotopic (exact) mass is 323 g/mol. The van der Waals surface area contributed by atoms with Gasteiger partial charge in [0.25, 0.3) is 5.91 Å². The first kappa shape index (κ1) is 16.7. The fourth-order valence-corrected chi connectivity index (χ4v) is 2.31. The molecule has 0 radical (unpaired) electrons. The third kappa shape index (κ3) is 4.67. The van der Waals surface area contributed by atoms with Crippen molar-refractivity contribution >= 4 is 17.9 Å². The number of urea groups is 1. The lowest BCUT2D eigenvalue weighted by Gasteiger charge is -2.16. The number of carbonyl (C=O) groups is 3. The number of carbonyl (C=O) groups excluding carboxylic acids is 2. The van der Waals surface area contributed by atoms with Crippen LogP contribution in [0.4, 0.5) is 9.18 Å². The zero-order chi connectivity index (χ0) is 16.8. The number of hydrogen-bond donors (Lipinski definition) is 3. The van der Waals surface area contributed by atoms with Gasteiger partial charge in [0.2, 0.25) is 0 Å². The van der Waals surface area contributed by atoms with Crippen LogP contribution in [0.1, 0.15) is 16.8 Å². The summed E-state index contributed by atoms with van der Waals surface area (Å²) < 4.78 is 12.8. The van der Waals surface area contributed by atoms with Gasteiger partial charge in [-0.25, -0.2) is 9.18 Å². The maximum absolute atomic E-state index is 12.8. The molecule has 1 unspecified atom stereocenters. The fourth-order valence-electron chi connectivity index (χ4n) is 2.31. The molecule has 0 bridgehead atoms. The fraction of sp³-hybridized carbons (Fsp3) is 0.400. The van der Waals surface area contributed by atoms with E-state index in [0.717, 1.165) is 0 Å². The van der Waals surface area contributed by atoms with Crippen LogP contribution in [0, 0.1) is 11.7 Å². The number of carboxylic acids is 1. The highest BCUT2D eigenvalue weighted by atomic mass is 19.1. The second-order valence-electron chi connectivity index (χ2n) is 5.26. The minimum absolute atomic E-state index is 0.198. The van der Waals surface area contributed by atoms with Gasteiger partial charge in [0.1, 0.15) is 5.82 Å². The van der Waals surface area contributed by atoms with Crippen molar-refractivity contribution in [2.24, 2.45) is 5.92 Å². The van der Waals surface area contributed by atoms with Crippen molar-refractivity contribution in [3.8, 4) is 0 Å². The first-order chi connectivity index (χ1) is 11.0. The predicted octanol–water partition coefficient (Wildman–Crippen LogP) is 0.672. The van der Waals surface area contributed by atoms with Crippen molar-refractivity contribution in [2.75, 3.05) is 26.2 Å². The molecule has 1 saturated heterocycles. The van der Waals surface area contributed by atoms with Crippen LogP contribution in [-0.2, 0) is 4.79 Å². The first-order valence-electron chi connectivity index (χ1n) is 7.26. The molecule has 7 nitrogen and oxygen atoms in total. The van der Waals surface area contributed by atoms with Crippen LogP contribution in [0.25, 0.3) is 0 Å². The van der Waals surface area contributed by atoms with E-state index in [1.165, 1.54) is 29.2 Å². The van der Waals surface area contributed by atoms with E-state index >= 15 is 0 Å². The summed E-state index contributed by atoms with van der Waals surface area (Å²) in [6.45, 7) is 1.05. The Balaban J connectivity index is 1.67. The van der Waals surface area contributed by atoms with E-state index in [2.05, 4.69) is 10.6 Å². The van der Waals surface area contributed by atoms with Gasteiger partial charge in [-0.1, -0.05) is 0 Å². The molecule has 1 fully saturated rings. The summed E-state index contributed by atoms with van der Waals surface area (Å²) in [5.41, 5.74) is 0.335. The Labute approximate surface area is 132 Å². The minimum Gasteiger partial charge on any atom is -0.481 e. The third-order valence-corrected chi connectivity index (χ3v) is 3.62. The summed E-state index contributed by atoms with van der Waals surface area (Å²) in [4.78, 5) is 35.9. The Kier molecular flexibility index (Phi) is 5.51. The maximum Gasteiger partial charge on any atom is 0.317 e. The van der Waals surface area contributed by atoms with Crippen molar-refractivity contribution < 1.29 is 23.9 Å². The van der Waals surface area contributed by atoms with Gasteiger partial charge >= 0.3 is 12.0 Å². The molecule has 0 saturated carbocycles. The Hall–Kier alpha value is -2.64. The Morgan fingerprint density at radius 3 is 2.43 bits per heavy atom. The topological polar surface area (TPSA) is 98.7 Å². The molecule has 1 heterocycles. The van der Waals surface area contributed by atoms with E-state index in [-0.39, 0.29) is 31.6 Å². The zero-order valence-corrected chi connectivity index (χ0v) is 12.4. The average molecular weight is 323 g/mol. The average Bonchev–Trinajstić information content (AvgIpc) is 3.02. The summed E-state index contributed by atoms with van der Waals surface area (Å²) in [5.74, 6) is -2.18. The van der Waals surface area contributed by atoms with Gasteiger partial charge in [-0.2, -0.15) is 0 Å². The largest absolute Gasteiger partial charge is 0.481 e. The van der Waals surface area contributed by atoms with E-state index in [9.17, 15) is 18.8 Å². The summed E-state index contributed by atoms with van der Waals surface area (Å²) in [5, 5.41) is 14.1. The van der Waals surface area contributed by atoms with E-state index in [0.29, 0.717) is 18.5 Å². The van der Waals surface area contributed by atoms with Gasteiger partial charge in [0.15, 0.2) is 0 Å². The number of nitrogens with zero attached hydrogens (tertiary/aromatic N) is 1. The molecule has 1 atom stereocenters. The number of rotatable bonds is 5. The van der Waals surface area contributed by atoms with Crippen LogP contribution in [0.2, 0.25) is 0 Å². The number of amides is 3. The van der Waals surface area contributed by atoms with E-state index in [4.69, 9.17) is 5.11 Å². The number of carboxylic acid groups (broad SMARTS) is 1. The molecule has 1 aliphatic rings. The summed E-state index contributed by atoms with van der Waals surface area (Å²) in [7, 11) is 0. The van der Waals surface area contributed by atoms with Gasteiger partial charge in [-0.05, 0) is 30.7 Å². The Morgan fingerprint density at radius 2 is 1.83 bits per heavy atom. The molecule has 124 valence electrons. The number of likely N-dealkylation sites (tertiary alicyclic amines) is 1. The van der Waals surface area contributed by atoms with Crippen LogP contribution >= 0.6 is 0 Å². The number of hydrogen-bond acceptors (Lipinski definition) is 3. The second-order valence-corrected chi connectivity index (χ2v) is 5.26. The molecule has 0 spiro atoms. The van der Waals surface area contributed by atoms with Crippen molar-refractivity contribution in [3.63, 3.8) is 0 Å². The van der Waals surface area contributed by atoms with Crippen molar-refractivity contribution in [1.29, 1.82) is 0 Å². The van der Waals surface area contributed by atoms with Crippen LogP contribution < -0.4 is 10.6 Å². The highest BCUT2D eigenvalue weighted by Gasteiger charge is 2.30. The number of nitrogens with one attached hydrogen (secondary N) is 2. The van der Waals surface area contributed by atoms with Crippen molar-refractivity contribution in [3.05, 3.63) is 35.6 Å². The number of halogens is 1. The molecule has 1 aromatic rings. The lowest BCUT2D eigenvalue weighted by atomic mass is 10.1. The first-order valence-corrected chi connectivity index (χ1v) is 7.26. The highest BCUT2D eigenvalue weighted by Crippen LogP contribution is 2.15. The standard InChI is InChI=1S/C15H18FN3O4/c16-12-3-1-10(2-4-12)13(20)17-6-7-18-15(23)19-8-5-11(9-19)14(21)22/h1-4,11H,5-9H2,(H,17,20)(H,18,23)(H,21,22). The molecule has 23 heavy (non-hydrogen) atoms. The van der Waals surface area contributed by atoms with Gasteiger partial charge in [-0.3, -0.25) is 9.59 Å². The smallest absolute Gasteiger partial charge is 0.317 e. The summed E-state index contributed by atoms with van der Waals surface area (Å²) in [6.07, 6.45) is 0.448. The molecular weight excluding hydrogens is 305 g/mol. The number of aliphatic carboxylic acids is 1. The molecule has 2 rings (SSSR count). The van der Waals surface area contributed by atoms with E-state index < -0.39 is 17.7 Å². The predicted molar refractivity (Wildman–Crippen MR) is 79.4 cm³/mol. The van der Waals surface area contributed by atoms with Crippen molar-refractivity contribution in [1.82, 2.24) is 15.5 Å². The van der Waals surface area contributed by atoms with E-state index in [1.807, 2.05) is 0 Å². The Morgan fingerprint density at radius 1 is 1.17 bits per heavy atom. The molecule has 1 aromatic carbocycles. The molecular formula is C15H18FN3O4. The van der Waals surface area contributed by atoms with Gasteiger partial charge in [0.05, 0.1) is 5.92 Å². The summed E-state index contributed by atoms with van der Waals surface area (Å²) in [6, 6.07) is 4.80. The van der Waals surface area contributed by atoms with Crippen LogP contribution in [0.5, 0.6) is 0 Å². The van der Waals surface area contributed by atoms with Gasteiger partial charge in [-0.15, -0.1) is 0 Å². The van der Waals surface area contributed by atoms with Crippen LogP contribution in [0.15, 0.2) is 24.3 Å². The van der Waals surface area contributed by atoms with Gasteiger partial charge in [0, 0.05) is 31.7 Å². The molecule has 8 heteroatoms. The molecule has 1 aliphatic heterocycles. The Bertz CT molecular complexity index is 591. The van der Waals surface area contributed by atoms with E-state index in [1.54, 1.807) is 0 Å². The second kappa shape index (κ2) is 7.57. The highest BCUT2D eigenvalue weighted by molar-refractivity contribution is 5.94. The molecule has 3 N–H and O–H groups in total. The number of benzene rings is 1. The lowest BCUT2D eigenvalue weighted by Crippen LogP contribution is -2.42. The maximum atomic E-state index is 12.8. The third-order valence-electron chi connectivity index (χ3n) is 3.62. The van der Waals surface area contributed by atoms with Crippen LogP contribution in [-0.4, -0.2) is 54.1 Å². The molecule has 0 aliphatic carbocycles. The van der Waals surface area contributed by atoms with Crippen LogP contribution in [0.3, 0.4) is 0 Å². The minimum atomic E-state index is -0.896. The SMILES string of the molecule is O=C(NCCNC(=O)N1CCC(C(=O)O)C1)c1ccc(F)cc1. The normalized spacial score (nSPS) is 16.9. The molecule has 0 aromatic heterocycles. The molecule has 3 amide bonds. The van der Waals surface area contributed by atoms with Crippen molar-refractivity contribution in [2.45, 2.75) is 6.42 Å². The zero-order valence-electron chi connectivity index (χ0n) is 12.4. The quantitative estimate of drug-likeness (QED) is 0.694. The summed E-state index contributed by atoms with van der Waals surface area (Å²) >= 11 is 0. The lowest BCUT2D eigenvalue weighted by molar-refractivity contribution is -0.141.